The van der Waals surface area contributed by atoms with Crippen LogP contribution in [-0.4, -0.2) is 23.4 Å². The Morgan fingerprint density at radius 2 is 1.82 bits per heavy atom. The number of nitrogens with zero attached hydrogens (tertiary/aromatic N) is 1. The van der Waals surface area contributed by atoms with Crippen molar-refractivity contribution in [2.75, 3.05) is 0 Å². The molecule has 0 amide bonds. The predicted molar refractivity (Wildman–Crippen MR) is 69.6 cm³/mol. The number of rotatable bonds is 1. The summed E-state index contributed by atoms with van der Waals surface area (Å²) in [7, 11) is 0. The fourth-order valence-corrected chi connectivity index (χ4v) is 6.57. The fourth-order valence-electron chi connectivity index (χ4n) is 1.81. The first-order valence-electron chi connectivity index (χ1n) is 5.24. The van der Waals surface area contributed by atoms with Crippen LogP contribution in [0.5, 0.6) is 0 Å². The van der Waals surface area contributed by atoms with Crippen molar-refractivity contribution in [1.82, 2.24) is 4.98 Å². The van der Waals surface area contributed by atoms with Crippen LogP contribution in [0.3, 0.4) is 0 Å². The number of halogens is 3. The first-order chi connectivity index (χ1) is 7.82. The first-order valence-corrected chi connectivity index (χ1v) is 15.6. The van der Waals surface area contributed by atoms with Gasteiger partial charge in [-0.1, -0.05) is 0 Å². The Hall–Kier alpha value is -0.421. The number of fused-ring (bicyclic) bond motifs is 1. The van der Waals surface area contributed by atoms with Crippen LogP contribution in [0.15, 0.2) is 18.5 Å². The standard InChI is InChI=1S/C9H3ClF2N.3CH3.Sn/c10-8-6-1-2-13-4-5(6)3-7(11)9(8)12;;;;/h2-4H;3*1H3;. The van der Waals surface area contributed by atoms with E-state index in [0.29, 0.717) is 10.8 Å². The zero-order valence-electron chi connectivity index (χ0n) is 9.81. The molecule has 0 aliphatic rings. The van der Waals surface area contributed by atoms with Crippen molar-refractivity contribution in [3.8, 4) is 0 Å². The van der Waals surface area contributed by atoms with Gasteiger partial charge in [-0.2, -0.15) is 0 Å². The van der Waals surface area contributed by atoms with E-state index in [1.54, 1.807) is 6.20 Å². The van der Waals surface area contributed by atoms with E-state index in [4.69, 9.17) is 11.6 Å². The van der Waals surface area contributed by atoms with Crippen molar-refractivity contribution < 1.29 is 8.78 Å². The van der Waals surface area contributed by atoms with Gasteiger partial charge in [-0.3, -0.25) is 0 Å². The maximum absolute atomic E-state index is 13.5. The van der Waals surface area contributed by atoms with Gasteiger partial charge in [-0.05, 0) is 0 Å². The van der Waals surface area contributed by atoms with Gasteiger partial charge in [-0.25, -0.2) is 0 Å². The van der Waals surface area contributed by atoms with Crippen molar-refractivity contribution in [1.29, 1.82) is 0 Å². The van der Waals surface area contributed by atoms with Crippen molar-refractivity contribution in [3.63, 3.8) is 0 Å². The van der Waals surface area contributed by atoms with Crippen molar-refractivity contribution >= 4 is 44.3 Å². The van der Waals surface area contributed by atoms with Crippen LogP contribution in [0.4, 0.5) is 8.78 Å². The second-order valence-corrected chi connectivity index (χ2v) is 19.8. The number of hydrogen-bond acceptors (Lipinski definition) is 1. The second-order valence-electron chi connectivity index (χ2n) is 5.02. The minimum absolute atomic E-state index is 0.121. The van der Waals surface area contributed by atoms with Gasteiger partial charge in [0.05, 0.1) is 0 Å². The summed E-state index contributed by atoms with van der Waals surface area (Å²) < 4.78 is 27.8. The van der Waals surface area contributed by atoms with Crippen LogP contribution in [-0.2, 0) is 0 Å². The van der Waals surface area contributed by atoms with Crippen molar-refractivity contribution in [2.24, 2.45) is 0 Å². The second kappa shape index (κ2) is 4.35. The van der Waals surface area contributed by atoms with E-state index in [2.05, 4.69) is 19.8 Å². The van der Waals surface area contributed by atoms with E-state index in [-0.39, 0.29) is 5.02 Å². The van der Waals surface area contributed by atoms with E-state index in [0.717, 1.165) is 9.65 Å². The number of aromatic nitrogens is 1. The monoisotopic (exact) mass is 363 g/mol. The molecule has 0 radical (unpaired) electrons. The van der Waals surface area contributed by atoms with Crippen LogP contribution >= 0.6 is 11.6 Å². The summed E-state index contributed by atoms with van der Waals surface area (Å²) in [6, 6.07) is 1.16. The minimum atomic E-state index is -2.46. The van der Waals surface area contributed by atoms with Gasteiger partial charge in [0.1, 0.15) is 0 Å². The Kier molecular flexibility index (Phi) is 3.33. The zero-order chi connectivity index (χ0) is 12.8. The Labute approximate surface area is 108 Å². The first kappa shape index (κ1) is 13.0. The Bertz CT molecular complexity index is 593. The van der Waals surface area contributed by atoms with E-state index in [9.17, 15) is 8.78 Å². The van der Waals surface area contributed by atoms with E-state index >= 15 is 0 Å². The average molecular weight is 362 g/mol. The summed E-state index contributed by atoms with van der Waals surface area (Å²) in [5.41, 5.74) is 0. The quantitative estimate of drug-likeness (QED) is 0.557. The Morgan fingerprint density at radius 1 is 1.18 bits per heavy atom. The zero-order valence-corrected chi connectivity index (χ0v) is 13.4. The molecular formula is C12H12ClF2NSn. The number of hydrogen-bond donors (Lipinski definition) is 0. The molecule has 0 saturated carbocycles. The molecule has 17 heavy (non-hydrogen) atoms. The van der Waals surface area contributed by atoms with Gasteiger partial charge in [0.25, 0.3) is 0 Å². The molecule has 0 fully saturated rings. The Morgan fingerprint density at radius 3 is 2.41 bits per heavy atom. The van der Waals surface area contributed by atoms with Crippen molar-refractivity contribution in [3.05, 3.63) is 35.1 Å². The molecule has 0 bridgehead atoms. The average Bonchev–Trinajstić information content (AvgIpc) is 2.24. The molecule has 0 unspecified atom stereocenters. The van der Waals surface area contributed by atoms with Crippen LogP contribution < -0.4 is 3.58 Å². The summed E-state index contributed by atoms with van der Waals surface area (Å²) in [4.78, 5) is 10.6. The third kappa shape index (κ3) is 2.27. The summed E-state index contributed by atoms with van der Waals surface area (Å²) in [5.74, 6) is -1.90. The maximum atomic E-state index is 13.5. The molecule has 1 heterocycles. The normalized spacial score (nSPS) is 12.1. The van der Waals surface area contributed by atoms with Crippen LogP contribution in [0, 0.1) is 11.6 Å². The number of pyridine rings is 1. The van der Waals surface area contributed by atoms with Gasteiger partial charge in [0, 0.05) is 0 Å². The third-order valence-corrected chi connectivity index (χ3v) is 8.74. The third-order valence-electron chi connectivity index (χ3n) is 2.69. The summed E-state index contributed by atoms with van der Waals surface area (Å²) in [5, 5.41) is 1.07. The van der Waals surface area contributed by atoms with Gasteiger partial charge in [-0.15, -0.1) is 0 Å². The molecule has 5 heteroatoms. The molecular weight excluding hydrogens is 350 g/mol. The molecule has 90 valence electrons. The molecule has 0 aliphatic heterocycles. The number of benzene rings is 1. The molecule has 0 aliphatic carbocycles. The fraction of sp³-hybridized carbons (Fsp3) is 0.250. The van der Waals surface area contributed by atoms with Crippen LogP contribution in [0.25, 0.3) is 10.8 Å². The van der Waals surface area contributed by atoms with Gasteiger partial charge in [0.15, 0.2) is 0 Å². The topological polar surface area (TPSA) is 12.9 Å². The van der Waals surface area contributed by atoms with Crippen LogP contribution in [0.2, 0.25) is 19.8 Å². The molecule has 0 N–H and O–H groups in total. The molecule has 0 atom stereocenters. The van der Waals surface area contributed by atoms with Crippen molar-refractivity contribution in [2.45, 2.75) is 14.8 Å². The van der Waals surface area contributed by atoms with Gasteiger partial charge < -0.3 is 0 Å². The predicted octanol–water partition coefficient (Wildman–Crippen LogP) is 3.71. The molecule has 2 aromatic rings. The van der Waals surface area contributed by atoms with E-state index in [1.807, 2.05) is 0 Å². The van der Waals surface area contributed by atoms with E-state index < -0.39 is 30.0 Å². The molecule has 1 aromatic carbocycles. The molecule has 1 aromatic heterocycles. The molecule has 1 nitrogen and oxygen atoms in total. The summed E-state index contributed by atoms with van der Waals surface area (Å²) >= 11 is 3.48. The van der Waals surface area contributed by atoms with Gasteiger partial charge >= 0.3 is 108 Å². The summed E-state index contributed by atoms with van der Waals surface area (Å²) in [6.07, 6.45) is 3.26. The molecule has 0 spiro atoms. The Balaban J connectivity index is 2.94. The summed E-state index contributed by atoms with van der Waals surface area (Å²) in [6.45, 7) is 0. The SMILES string of the molecule is [CH3][Sn]([CH3])([CH3])[c]1cncc2cc(F)c(F)c(Cl)c12. The van der Waals surface area contributed by atoms with Gasteiger partial charge in [0.2, 0.25) is 0 Å². The van der Waals surface area contributed by atoms with E-state index in [1.165, 1.54) is 6.20 Å². The van der Waals surface area contributed by atoms with Crippen LogP contribution in [0.1, 0.15) is 0 Å². The molecule has 0 saturated heterocycles. The molecule has 2 rings (SSSR count).